The Morgan fingerprint density at radius 2 is 2.14 bits per heavy atom. The highest BCUT2D eigenvalue weighted by molar-refractivity contribution is 6.01. The molecule has 1 aromatic carbocycles. The molecule has 1 saturated heterocycles. The van der Waals surface area contributed by atoms with E-state index in [1.54, 1.807) is 13.3 Å². The molecule has 0 saturated carbocycles. The fraction of sp³-hybridized carbons (Fsp3) is 0.348. The van der Waals surface area contributed by atoms with Crippen molar-refractivity contribution in [1.82, 2.24) is 24.5 Å². The molecule has 11 nitrogen and oxygen atoms in total. The van der Waals surface area contributed by atoms with Crippen LogP contribution in [0, 0.1) is 5.82 Å². The second-order valence-electron chi connectivity index (χ2n) is 8.13. The number of aromatic nitrogens is 5. The minimum atomic E-state index is -1.29. The number of anilines is 1. The number of carboxylic acids is 1. The molecular weight excluding hydrogens is 459 g/mol. The predicted octanol–water partition coefficient (Wildman–Crippen LogP) is 2.76. The van der Waals surface area contributed by atoms with Gasteiger partial charge < -0.3 is 29.0 Å². The van der Waals surface area contributed by atoms with E-state index in [1.807, 2.05) is 0 Å². The molecule has 12 heteroatoms. The molecule has 3 aromatic heterocycles. The number of H-pyrrole nitrogens is 1. The number of aromatic amines is 1. The number of esters is 1. The topological polar surface area (TPSA) is 135 Å². The van der Waals surface area contributed by atoms with Gasteiger partial charge in [-0.25, -0.2) is 24.1 Å². The number of aromatic carboxylic acids is 1. The Bertz CT molecular complexity index is 1420. The summed E-state index contributed by atoms with van der Waals surface area (Å²) >= 11 is 0. The van der Waals surface area contributed by atoms with Crippen LogP contribution in [0.25, 0.3) is 22.1 Å². The number of benzene rings is 1. The first-order valence-corrected chi connectivity index (χ1v) is 11.2. The lowest BCUT2D eigenvalue weighted by Crippen LogP contribution is -2.35. The zero-order valence-corrected chi connectivity index (χ0v) is 18.9. The van der Waals surface area contributed by atoms with E-state index in [0.29, 0.717) is 22.5 Å². The van der Waals surface area contributed by atoms with Crippen LogP contribution in [0.3, 0.4) is 0 Å². The number of hydrogen-bond acceptors (Lipinski definition) is 8. The first-order chi connectivity index (χ1) is 17.0. The number of ether oxygens (including phenoxy) is 2. The number of nitrogens with zero attached hydrogens (tertiary/aromatic N) is 5. The Morgan fingerprint density at radius 3 is 2.94 bits per heavy atom. The van der Waals surface area contributed by atoms with E-state index >= 15 is 0 Å². The molecule has 1 aliphatic rings. The normalized spacial score (nSPS) is 15.7. The highest BCUT2D eigenvalue weighted by atomic mass is 19.1. The van der Waals surface area contributed by atoms with Crippen molar-refractivity contribution in [1.29, 1.82) is 0 Å². The minimum Gasteiger partial charge on any atom is -0.488 e. The van der Waals surface area contributed by atoms with Crippen LogP contribution in [-0.4, -0.2) is 67.3 Å². The Balaban J connectivity index is 1.49. The van der Waals surface area contributed by atoms with Gasteiger partial charge in [0.15, 0.2) is 22.9 Å². The van der Waals surface area contributed by atoms with Gasteiger partial charge in [-0.3, -0.25) is 4.79 Å². The van der Waals surface area contributed by atoms with E-state index in [9.17, 15) is 19.1 Å². The van der Waals surface area contributed by atoms with Crippen LogP contribution < -0.4 is 9.64 Å². The third-order valence-corrected chi connectivity index (χ3v) is 6.04. The average molecular weight is 482 g/mol. The summed E-state index contributed by atoms with van der Waals surface area (Å²) in [6, 6.07) is 3.73. The molecular formula is C23H23FN6O5. The van der Waals surface area contributed by atoms with Gasteiger partial charge in [-0.15, -0.1) is 0 Å². The number of carbonyl (C=O) groups excluding carboxylic acids is 1. The van der Waals surface area contributed by atoms with Crippen molar-refractivity contribution in [2.45, 2.75) is 32.4 Å². The van der Waals surface area contributed by atoms with Crippen molar-refractivity contribution in [3.63, 3.8) is 0 Å². The smallest absolute Gasteiger partial charge is 0.356 e. The zero-order chi connectivity index (χ0) is 24.5. The second-order valence-corrected chi connectivity index (χ2v) is 8.13. The average Bonchev–Trinajstić information content (AvgIpc) is 3.55. The van der Waals surface area contributed by atoms with Gasteiger partial charge in [-0.1, -0.05) is 0 Å². The zero-order valence-electron chi connectivity index (χ0n) is 18.9. The maximum absolute atomic E-state index is 14.1. The lowest BCUT2D eigenvalue weighted by Gasteiger charge is -2.25. The fourth-order valence-corrected chi connectivity index (χ4v) is 4.58. The number of halogens is 1. The summed E-state index contributed by atoms with van der Waals surface area (Å²) in [4.78, 5) is 42.4. The van der Waals surface area contributed by atoms with Gasteiger partial charge in [-0.05, 0) is 38.0 Å². The molecule has 1 aliphatic heterocycles. The molecule has 4 heterocycles. The standard InChI is InChI=1S/C23H23FN6O5/c1-2-34-17(31)9-30-16-6-5-13(24)8-15(16)20(19(30)23(32)33)35-10-14-4-3-7-29(14)22-18-21(26-11-25-18)27-12-28-22/h5-6,8,11-12,14H,2-4,7,9-10H2,1H3,(H,32,33)(H,25,26,27,28)/t14-/m1/s1. The van der Waals surface area contributed by atoms with Gasteiger partial charge in [0.05, 0.1) is 24.5 Å². The maximum atomic E-state index is 14.1. The van der Waals surface area contributed by atoms with Gasteiger partial charge in [0.2, 0.25) is 0 Å². The molecule has 1 fully saturated rings. The second kappa shape index (κ2) is 9.20. The molecule has 0 amide bonds. The SMILES string of the molecule is CCOC(=O)Cn1c(C(=O)O)c(OC[C@H]2CCCN2c2ncnc3[nH]cnc23)c2cc(F)ccc21. The molecule has 35 heavy (non-hydrogen) atoms. The molecule has 1 atom stereocenters. The summed E-state index contributed by atoms with van der Waals surface area (Å²) in [6.07, 6.45) is 4.68. The number of carboxylic acid groups (broad SMARTS) is 1. The van der Waals surface area contributed by atoms with Crippen molar-refractivity contribution in [3.05, 3.63) is 42.4 Å². The van der Waals surface area contributed by atoms with E-state index in [-0.39, 0.29) is 42.6 Å². The summed E-state index contributed by atoms with van der Waals surface area (Å²) in [5, 5.41) is 10.3. The first kappa shape index (κ1) is 22.6. The largest absolute Gasteiger partial charge is 0.488 e. The highest BCUT2D eigenvalue weighted by Crippen LogP contribution is 2.36. The first-order valence-electron chi connectivity index (χ1n) is 11.2. The van der Waals surface area contributed by atoms with Gasteiger partial charge in [0.25, 0.3) is 0 Å². The monoisotopic (exact) mass is 482 g/mol. The molecule has 0 unspecified atom stereocenters. The predicted molar refractivity (Wildman–Crippen MR) is 123 cm³/mol. The third-order valence-electron chi connectivity index (χ3n) is 6.04. The Hall–Kier alpha value is -4.22. The number of nitrogens with one attached hydrogen (secondary N) is 1. The van der Waals surface area contributed by atoms with Gasteiger partial charge in [-0.2, -0.15) is 0 Å². The van der Waals surface area contributed by atoms with Gasteiger partial charge >= 0.3 is 11.9 Å². The van der Waals surface area contributed by atoms with E-state index in [1.165, 1.54) is 29.1 Å². The van der Waals surface area contributed by atoms with E-state index in [0.717, 1.165) is 19.4 Å². The number of rotatable bonds is 8. The molecule has 0 radical (unpaired) electrons. The van der Waals surface area contributed by atoms with Crippen LogP contribution in [0.4, 0.5) is 10.2 Å². The van der Waals surface area contributed by atoms with Crippen molar-refractivity contribution in [2.24, 2.45) is 0 Å². The number of fused-ring (bicyclic) bond motifs is 2. The molecule has 0 aliphatic carbocycles. The number of imidazole rings is 1. The van der Waals surface area contributed by atoms with Gasteiger partial charge in [0.1, 0.15) is 30.8 Å². The Morgan fingerprint density at radius 1 is 1.29 bits per heavy atom. The molecule has 0 spiro atoms. The summed E-state index contributed by atoms with van der Waals surface area (Å²) in [7, 11) is 0. The lowest BCUT2D eigenvalue weighted by atomic mass is 10.2. The van der Waals surface area contributed by atoms with Gasteiger partial charge in [0, 0.05) is 11.9 Å². The van der Waals surface area contributed by atoms with Crippen molar-refractivity contribution in [2.75, 3.05) is 24.7 Å². The summed E-state index contributed by atoms with van der Waals surface area (Å²) in [6.45, 7) is 2.33. The quantitative estimate of drug-likeness (QED) is 0.363. The van der Waals surface area contributed by atoms with Crippen LogP contribution in [0.2, 0.25) is 0 Å². The van der Waals surface area contributed by atoms with Crippen molar-refractivity contribution >= 4 is 39.8 Å². The van der Waals surface area contributed by atoms with Crippen LogP contribution >= 0.6 is 0 Å². The maximum Gasteiger partial charge on any atom is 0.356 e. The summed E-state index contributed by atoms with van der Waals surface area (Å²) in [5.74, 6) is -1.76. The number of carbonyl (C=O) groups is 2. The van der Waals surface area contributed by atoms with E-state index in [4.69, 9.17) is 9.47 Å². The van der Waals surface area contributed by atoms with E-state index < -0.39 is 17.8 Å². The molecule has 2 N–H and O–H groups in total. The van der Waals surface area contributed by atoms with Crippen molar-refractivity contribution < 1.29 is 28.6 Å². The minimum absolute atomic E-state index is 0.00996. The Labute approximate surface area is 198 Å². The summed E-state index contributed by atoms with van der Waals surface area (Å²) < 4.78 is 26.5. The molecule has 0 bridgehead atoms. The van der Waals surface area contributed by atoms with Crippen LogP contribution in [0.15, 0.2) is 30.9 Å². The summed E-state index contributed by atoms with van der Waals surface area (Å²) in [5.41, 5.74) is 1.38. The lowest BCUT2D eigenvalue weighted by molar-refractivity contribution is -0.143. The molecule has 5 rings (SSSR count). The van der Waals surface area contributed by atoms with Crippen LogP contribution in [0.5, 0.6) is 5.75 Å². The van der Waals surface area contributed by atoms with Crippen LogP contribution in [0.1, 0.15) is 30.3 Å². The van der Waals surface area contributed by atoms with Crippen LogP contribution in [-0.2, 0) is 16.1 Å². The third kappa shape index (κ3) is 4.11. The van der Waals surface area contributed by atoms with Crippen molar-refractivity contribution in [3.8, 4) is 5.75 Å². The number of hydrogen-bond donors (Lipinski definition) is 2. The van der Waals surface area contributed by atoms with E-state index in [2.05, 4.69) is 24.8 Å². The molecule has 4 aromatic rings. The highest BCUT2D eigenvalue weighted by Gasteiger charge is 2.31. The fourth-order valence-electron chi connectivity index (χ4n) is 4.58. The Kier molecular flexibility index (Phi) is 5.93. The molecule has 182 valence electrons.